The summed E-state index contributed by atoms with van der Waals surface area (Å²) in [6.07, 6.45) is 1.96. The monoisotopic (exact) mass is 228 g/mol. The molecule has 3 heteroatoms. The Hall–Kier alpha value is -1.64. The SMILES string of the molecule is CC(C)c1ccc2c(=O)n3c(nc2c1)CCC3. The van der Waals surface area contributed by atoms with Gasteiger partial charge in [0, 0.05) is 13.0 Å². The van der Waals surface area contributed by atoms with Gasteiger partial charge in [-0.2, -0.15) is 0 Å². The first kappa shape index (κ1) is 10.5. The highest BCUT2D eigenvalue weighted by Crippen LogP contribution is 2.20. The van der Waals surface area contributed by atoms with Crippen LogP contribution in [0, 0.1) is 0 Å². The van der Waals surface area contributed by atoms with Crippen molar-refractivity contribution in [2.45, 2.75) is 39.2 Å². The van der Waals surface area contributed by atoms with Gasteiger partial charge in [-0.15, -0.1) is 0 Å². The third kappa shape index (κ3) is 1.57. The van der Waals surface area contributed by atoms with Gasteiger partial charge in [-0.25, -0.2) is 4.98 Å². The van der Waals surface area contributed by atoms with Crippen molar-refractivity contribution in [2.24, 2.45) is 0 Å². The molecule has 0 bridgehead atoms. The Morgan fingerprint density at radius 3 is 2.94 bits per heavy atom. The molecule has 0 atom stereocenters. The van der Waals surface area contributed by atoms with E-state index in [4.69, 9.17) is 0 Å². The molecule has 0 spiro atoms. The van der Waals surface area contributed by atoms with Crippen molar-refractivity contribution in [3.05, 3.63) is 39.9 Å². The first-order valence-corrected chi connectivity index (χ1v) is 6.20. The molecular formula is C14H16N2O. The van der Waals surface area contributed by atoms with E-state index in [9.17, 15) is 4.79 Å². The van der Waals surface area contributed by atoms with Crippen molar-refractivity contribution in [2.75, 3.05) is 0 Å². The summed E-state index contributed by atoms with van der Waals surface area (Å²) in [5.41, 5.74) is 2.22. The average molecular weight is 228 g/mol. The second kappa shape index (κ2) is 3.69. The molecule has 0 amide bonds. The van der Waals surface area contributed by atoms with Crippen molar-refractivity contribution in [1.82, 2.24) is 9.55 Å². The summed E-state index contributed by atoms with van der Waals surface area (Å²) in [5, 5.41) is 0.750. The second-order valence-electron chi connectivity index (χ2n) is 5.02. The second-order valence-corrected chi connectivity index (χ2v) is 5.02. The summed E-state index contributed by atoms with van der Waals surface area (Å²) >= 11 is 0. The fourth-order valence-corrected chi connectivity index (χ4v) is 2.46. The fraction of sp³-hybridized carbons (Fsp3) is 0.429. The normalized spacial score (nSPS) is 14.5. The van der Waals surface area contributed by atoms with Crippen LogP contribution in [0.3, 0.4) is 0 Å². The zero-order valence-electron chi connectivity index (χ0n) is 10.2. The minimum absolute atomic E-state index is 0.123. The molecule has 1 aliphatic rings. The number of hydrogen-bond donors (Lipinski definition) is 0. The lowest BCUT2D eigenvalue weighted by Crippen LogP contribution is -2.20. The molecule has 0 unspecified atom stereocenters. The van der Waals surface area contributed by atoms with Gasteiger partial charge in [-0.1, -0.05) is 19.9 Å². The van der Waals surface area contributed by atoms with Crippen LogP contribution in [0.4, 0.5) is 0 Å². The Morgan fingerprint density at radius 1 is 1.35 bits per heavy atom. The molecule has 3 nitrogen and oxygen atoms in total. The van der Waals surface area contributed by atoms with Crippen LogP contribution in [0.2, 0.25) is 0 Å². The van der Waals surface area contributed by atoms with Crippen molar-refractivity contribution in [3.8, 4) is 0 Å². The number of hydrogen-bond acceptors (Lipinski definition) is 2. The van der Waals surface area contributed by atoms with Gasteiger partial charge in [0.25, 0.3) is 5.56 Å². The lowest BCUT2D eigenvalue weighted by molar-refractivity contribution is 0.719. The summed E-state index contributed by atoms with van der Waals surface area (Å²) in [5.74, 6) is 1.42. The summed E-state index contributed by atoms with van der Waals surface area (Å²) in [6, 6.07) is 6.02. The summed E-state index contributed by atoms with van der Waals surface area (Å²) < 4.78 is 1.82. The molecule has 2 aromatic rings. The highest BCUT2D eigenvalue weighted by atomic mass is 16.1. The largest absolute Gasteiger partial charge is 0.296 e. The zero-order valence-corrected chi connectivity index (χ0v) is 10.2. The lowest BCUT2D eigenvalue weighted by Gasteiger charge is -2.08. The van der Waals surface area contributed by atoms with E-state index < -0.39 is 0 Å². The van der Waals surface area contributed by atoms with E-state index in [0.717, 1.165) is 36.1 Å². The Morgan fingerprint density at radius 2 is 2.18 bits per heavy atom. The standard InChI is InChI=1S/C14H16N2O/c1-9(2)10-5-6-11-12(8-10)15-13-4-3-7-16(13)14(11)17/h5-6,8-9H,3-4,7H2,1-2H3. The van der Waals surface area contributed by atoms with Gasteiger partial charge in [-0.3, -0.25) is 9.36 Å². The predicted octanol–water partition coefficient (Wildman–Crippen LogP) is 2.47. The van der Waals surface area contributed by atoms with Crippen LogP contribution < -0.4 is 5.56 Å². The van der Waals surface area contributed by atoms with Crippen molar-refractivity contribution >= 4 is 10.9 Å². The highest BCUT2D eigenvalue weighted by molar-refractivity contribution is 5.78. The molecule has 0 radical (unpaired) electrons. The molecule has 88 valence electrons. The number of nitrogens with zero attached hydrogens (tertiary/aromatic N) is 2. The third-order valence-corrected chi connectivity index (χ3v) is 3.51. The van der Waals surface area contributed by atoms with Crippen LogP contribution in [-0.4, -0.2) is 9.55 Å². The molecule has 3 rings (SSSR count). The van der Waals surface area contributed by atoms with Crippen molar-refractivity contribution in [3.63, 3.8) is 0 Å². The van der Waals surface area contributed by atoms with Gasteiger partial charge >= 0.3 is 0 Å². The van der Waals surface area contributed by atoms with E-state index in [2.05, 4.69) is 24.9 Å². The minimum Gasteiger partial charge on any atom is -0.296 e. The summed E-state index contributed by atoms with van der Waals surface area (Å²) in [4.78, 5) is 16.8. The smallest absolute Gasteiger partial charge is 0.261 e. The number of rotatable bonds is 1. The van der Waals surface area contributed by atoms with E-state index in [1.165, 1.54) is 5.56 Å². The molecular weight excluding hydrogens is 212 g/mol. The Kier molecular flexibility index (Phi) is 2.28. The van der Waals surface area contributed by atoms with Crippen LogP contribution >= 0.6 is 0 Å². The molecule has 17 heavy (non-hydrogen) atoms. The highest BCUT2D eigenvalue weighted by Gasteiger charge is 2.16. The molecule has 1 aromatic carbocycles. The van der Waals surface area contributed by atoms with Gasteiger partial charge in [0.15, 0.2) is 0 Å². The number of aromatic nitrogens is 2. The average Bonchev–Trinajstić information content (AvgIpc) is 2.77. The topological polar surface area (TPSA) is 34.9 Å². The maximum atomic E-state index is 12.2. The van der Waals surface area contributed by atoms with Gasteiger partial charge in [0.05, 0.1) is 10.9 Å². The van der Waals surface area contributed by atoms with Crippen LogP contribution in [0.5, 0.6) is 0 Å². The van der Waals surface area contributed by atoms with E-state index in [1.807, 2.05) is 16.7 Å². The summed E-state index contributed by atoms with van der Waals surface area (Å²) in [7, 11) is 0. The van der Waals surface area contributed by atoms with E-state index >= 15 is 0 Å². The fourth-order valence-electron chi connectivity index (χ4n) is 2.46. The lowest BCUT2D eigenvalue weighted by atomic mass is 10.0. The predicted molar refractivity (Wildman–Crippen MR) is 68.4 cm³/mol. The van der Waals surface area contributed by atoms with E-state index in [-0.39, 0.29) is 5.56 Å². The van der Waals surface area contributed by atoms with Gasteiger partial charge < -0.3 is 0 Å². The first-order chi connectivity index (χ1) is 8.16. The van der Waals surface area contributed by atoms with Crippen LogP contribution in [0.15, 0.2) is 23.0 Å². The van der Waals surface area contributed by atoms with Gasteiger partial charge in [-0.05, 0) is 30.0 Å². The quantitative estimate of drug-likeness (QED) is 0.751. The molecule has 2 heterocycles. The van der Waals surface area contributed by atoms with Crippen molar-refractivity contribution < 1.29 is 0 Å². The first-order valence-electron chi connectivity index (χ1n) is 6.20. The van der Waals surface area contributed by atoms with E-state index in [1.54, 1.807) is 0 Å². The number of aryl methyl sites for hydroxylation is 1. The van der Waals surface area contributed by atoms with Gasteiger partial charge in [0.1, 0.15) is 5.82 Å². The Balaban J connectivity index is 2.32. The third-order valence-electron chi connectivity index (χ3n) is 3.51. The number of benzene rings is 1. The summed E-state index contributed by atoms with van der Waals surface area (Å²) in [6.45, 7) is 5.13. The minimum atomic E-state index is 0.123. The molecule has 0 N–H and O–H groups in total. The van der Waals surface area contributed by atoms with Crippen molar-refractivity contribution in [1.29, 1.82) is 0 Å². The Bertz CT molecular complexity index is 640. The van der Waals surface area contributed by atoms with E-state index in [0.29, 0.717) is 5.92 Å². The molecule has 0 saturated heterocycles. The molecule has 1 aromatic heterocycles. The van der Waals surface area contributed by atoms with Crippen LogP contribution in [0.25, 0.3) is 10.9 Å². The van der Waals surface area contributed by atoms with Crippen LogP contribution in [-0.2, 0) is 13.0 Å². The van der Waals surface area contributed by atoms with Crippen LogP contribution in [0.1, 0.15) is 37.6 Å². The maximum absolute atomic E-state index is 12.2. The molecule has 0 aliphatic carbocycles. The zero-order chi connectivity index (χ0) is 12.0. The molecule has 0 fully saturated rings. The number of fused-ring (bicyclic) bond motifs is 2. The maximum Gasteiger partial charge on any atom is 0.261 e. The molecule has 1 aliphatic heterocycles. The van der Waals surface area contributed by atoms with Gasteiger partial charge in [0.2, 0.25) is 0 Å². The molecule has 0 saturated carbocycles. The Labute approximate surface area is 100 Å².